The first kappa shape index (κ1) is 17.5. The molecule has 0 saturated carbocycles. The van der Waals surface area contributed by atoms with Gasteiger partial charge >= 0.3 is 6.09 Å². The van der Waals surface area contributed by atoms with Crippen molar-refractivity contribution in [1.29, 1.82) is 0 Å². The molecule has 1 aromatic heterocycles. The number of rotatable bonds is 2. The number of amides is 1. The Kier molecular flexibility index (Phi) is 4.79. The predicted octanol–water partition coefficient (Wildman–Crippen LogP) is 3.27. The normalized spacial score (nSPS) is 20.6. The van der Waals surface area contributed by atoms with Gasteiger partial charge in [-0.3, -0.25) is 4.98 Å². The van der Waals surface area contributed by atoms with E-state index in [9.17, 15) is 4.79 Å². The van der Waals surface area contributed by atoms with Crippen LogP contribution >= 0.6 is 0 Å². The van der Waals surface area contributed by atoms with Crippen molar-refractivity contribution >= 4 is 17.6 Å². The lowest BCUT2D eigenvalue weighted by atomic mass is 10.0. The molecule has 2 aliphatic rings. The van der Waals surface area contributed by atoms with E-state index in [0.717, 1.165) is 17.7 Å². The van der Waals surface area contributed by atoms with Crippen LogP contribution in [0.4, 0.5) is 4.79 Å². The monoisotopic (exact) mass is 343 g/mol. The summed E-state index contributed by atoms with van der Waals surface area (Å²) < 4.78 is 10.9. The van der Waals surface area contributed by atoms with Crippen molar-refractivity contribution < 1.29 is 14.3 Å². The molecule has 1 amide bonds. The van der Waals surface area contributed by atoms with E-state index in [1.165, 1.54) is 5.57 Å². The van der Waals surface area contributed by atoms with Crippen molar-refractivity contribution in [2.75, 3.05) is 19.7 Å². The van der Waals surface area contributed by atoms with Gasteiger partial charge in [0.2, 0.25) is 5.90 Å². The standard InChI is InChI=1S/C19H25N3O3/c1-13-12-24-17(21-13)16-6-5-15(11-20-16)14-7-9-22(10-8-14)18(23)25-19(2,3)4/h5-7,11,13H,8-10,12H2,1-4H3/t13-/m0/s1. The maximum atomic E-state index is 12.1. The second-order valence-electron chi connectivity index (χ2n) is 7.43. The van der Waals surface area contributed by atoms with Crippen LogP contribution in [-0.4, -0.2) is 53.2 Å². The van der Waals surface area contributed by atoms with E-state index >= 15 is 0 Å². The summed E-state index contributed by atoms with van der Waals surface area (Å²) in [6.07, 6.45) is 4.44. The highest BCUT2D eigenvalue weighted by molar-refractivity contribution is 5.93. The lowest BCUT2D eigenvalue weighted by Crippen LogP contribution is -2.39. The molecule has 0 spiro atoms. The minimum absolute atomic E-state index is 0.191. The van der Waals surface area contributed by atoms with E-state index in [0.29, 0.717) is 25.6 Å². The number of hydrogen-bond acceptors (Lipinski definition) is 5. The van der Waals surface area contributed by atoms with Crippen LogP contribution in [0.5, 0.6) is 0 Å². The Morgan fingerprint density at radius 1 is 1.36 bits per heavy atom. The van der Waals surface area contributed by atoms with Crippen molar-refractivity contribution in [3.8, 4) is 0 Å². The zero-order chi connectivity index (χ0) is 18.0. The van der Waals surface area contributed by atoms with Crippen molar-refractivity contribution in [3.63, 3.8) is 0 Å². The second-order valence-corrected chi connectivity index (χ2v) is 7.43. The zero-order valence-electron chi connectivity index (χ0n) is 15.3. The summed E-state index contributed by atoms with van der Waals surface area (Å²) in [6.45, 7) is 9.47. The van der Waals surface area contributed by atoms with Gasteiger partial charge < -0.3 is 14.4 Å². The average Bonchev–Trinajstić information content (AvgIpc) is 3.00. The van der Waals surface area contributed by atoms with Gasteiger partial charge in [-0.15, -0.1) is 0 Å². The van der Waals surface area contributed by atoms with Crippen LogP contribution in [0.3, 0.4) is 0 Å². The first-order chi connectivity index (χ1) is 11.8. The minimum Gasteiger partial charge on any atom is -0.474 e. The lowest BCUT2D eigenvalue weighted by Gasteiger charge is -2.29. The molecular formula is C19H25N3O3. The molecular weight excluding hydrogens is 318 g/mol. The molecule has 25 heavy (non-hydrogen) atoms. The molecule has 1 aromatic rings. The van der Waals surface area contributed by atoms with Gasteiger partial charge in [0.15, 0.2) is 0 Å². The van der Waals surface area contributed by atoms with Gasteiger partial charge in [-0.1, -0.05) is 12.1 Å². The molecule has 1 atom stereocenters. The molecule has 0 aliphatic carbocycles. The Morgan fingerprint density at radius 2 is 2.16 bits per heavy atom. The Morgan fingerprint density at radius 3 is 2.68 bits per heavy atom. The van der Waals surface area contributed by atoms with E-state index in [2.05, 4.69) is 16.1 Å². The van der Waals surface area contributed by atoms with E-state index in [4.69, 9.17) is 9.47 Å². The first-order valence-corrected chi connectivity index (χ1v) is 8.66. The summed E-state index contributed by atoms with van der Waals surface area (Å²) in [5.41, 5.74) is 2.56. The number of carbonyl (C=O) groups is 1. The fourth-order valence-electron chi connectivity index (χ4n) is 2.75. The zero-order valence-corrected chi connectivity index (χ0v) is 15.3. The molecule has 0 N–H and O–H groups in total. The summed E-state index contributed by atoms with van der Waals surface area (Å²) in [4.78, 5) is 22.7. The van der Waals surface area contributed by atoms with Crippen LogP contribution in [0.2, 0.25) is 0 Å². The Hall–Kier alpha value is -2.37. The summed E-state index contributed by atoms with van der Waals surface area (Å²) in [6, 6.07) is 4.16. The number of pyridine rings is 1. The van der Waals surface area contributed by atoms with Gasteiger partial charge in [0, 0.05) is 19.3 Å². The Labute approximate surface area is 148 Å². The fourth-order valence-corrected chi connectivity index (χ4v) is 2.75. The van der Waals surface area contributed by atoms with Gasteiger partial charge in [-0.2, -0.15) is 0 Å². The molecule has 0 bridgehead atoms. The van der Waals surface area contributed by atoms with Gasteiger partial charge in [-0.25, -0.2) is 9.79 Å². The number of hydrogen-bond donors (Lipinski definition) is 0. The largest absolute Gasteiger partial charge is 0.474 e. The van der Waals surface area contributed by atoms with E-state index < -0.39 is 5.60 Å². The van der Waals surface area contributed by atoms with Gasteiger partial charge in [0.25, 0.3) is 0 Å². The average molecular weight is 343 g/mol. The fraction of sp³-hybridized carbons (Fsp3) is 0.526. The van der Waals surface area contributed by atoms with Gasteiger partial charge in [-0.05, 0) is 51.3 Å². The molecule has 134 valence electrons. The van der Waals surface area contributed by atoms with Crippen LogP contribution in [0, 0.1) is 0 Å². The van der Waals surface area contributed by atoms with Crippen LogP contribution < -0.4 is 0 Å². The smallest absolute Gasteiger partial charge is 0.410 e. The van der Waals surface area contributed by atoms with Crippen molar-refractivity contribution in [1.82, 2.24) is 9.88 Å². The van der Waals surface area contributed by atoms with Gasteiger partial charge in [0.05, 0.1) is 6.04 Å². The SMILES string of the molecule is C[C@H]1COC(c2ccc(C3=CCN(C(=O)OC(C)(C)C)CC3)cn2)=N1. The summed E-state index contributed by atoms with van der Waals surface area (Å²) in [7, 11) is 0. The van der Waals surface area contributed by atoms with Crippen LogP contribution in [0.15, 0.2) is 29.4 Å². The molecule has 6 nitrogen and oxygen atoms in total. The highest BCUT2D eigenvalue weighted by Gasteiger charge is 2.24. The number of nitrogens with zero attached hydrogens (tertiary/aromatic N) is 3. The summed E-state index contributed by atoms with van der Waals surface area (Å²) in [5.74, 6) is 0.618. The van der Waals surface area contributed by atoms with Crippen molar-refractivity contribution in [2.45, 2.75) is 45.8 Å². The molecule has 0 unspecified atom stereocenters. The molecule has 0 fully saturated rings. The number of aliphatic imine (C=N–C) groups is 1. The summed E-state index contributed by atoms with van der Waals surface area (Å²) >= 11 is 0. The highest BCUT2D eigenvalue weighted by atomic mass is 16.6. The van der Waals surface area contributed by atoms with Crippen LogP contribution in [0.25, 0.3) is 5.57 Å². The third-order valence-corrected chi connectivity index (χ3v) is 4.01. The van der Waals surface area contributed by atoms with Gasteiger partial charge in [0.1, 0.15) is 17.9 Å². The first-order valence-electron chi connectivity index (χ1n) is 8.66. The lowest BCUT2D eigenvalue weighted by molar-refractivity contribution is 0.0270. The Bertz CT molecular complexity index is 702. The predicted molar refractivity (Wildman–Crippen MR) is 96.6 cm³/mol. The minimum atomic E-state index is -0.469. The van der Waals surface area contributed by atoms with E-state index in [1.54, 1.807) is 4.90 Å². The molecule has 2 aliphatic heterocycles. The molecule has 6 heteroatoms. The van der Waals surface area contributed by atoms with E-state index in [-0.39, 0.29) is 12.1 Å². The number of carbonyl (C=O) groups excluding carboxylic acids is 1. The maximum absolute atomic E-state index is 12.1. The van der Waals surface area contributed by atoms with Crippen LogP contribution in [0.1, 0.15) is 45.4 Å². The second kappa shape index (κ2) is 6.86. The van der Waals surface area contributed by atoms with Crippen molar-refractivity contribution in [2.24, 2.45) is 4.99 Å². The number of ether oxygens (including phenoxy) is 2. The molecule has 0 radical (unpaired) electrons. The van der Waals surface area contributed by atoms with Crippen LogP contribution in [-0.2, 0) is 9.47 Å². The topological polar surface area (TPSA) is 64.0 Å². The third kappa shape index (κ3) is 4.38. The quantitative estimate of drug-likeness (QED) is 0.827. The molecule has 0 aromatic carbocycles. The number of aromatic nitrogens is 1. The molecule has 0 saturated heterocycles. The van der Waals surface area contributed by atoms with E-state index in [1.807, 2.05) is 46.0 Å². The highest BCUT2D eigenvalue weighted by Crippen LogP contribution is 2.23. The van der Waals surface area contributed by atoms with Crippen molar-refractivity contribution in [3.05, 3.63) is 35.7 Å². The molecule has 3 rings (SSSR count). The molecule has 3 heterocycles. The summed E-state index contributed by atoms with van der Waals surface area (Å²) in [5, 5.41) is 0. The third-order valence-electron chi connectivity index (χ3n) is 4.01. The Balaban J connectivity index is 1.64. The maximum Gasteiger partial charge on any atom is 0.410 e.